The maximum atomic E-state index is 12.4. The monoisotopic (exact) mass is 362 g/mol. The number of ether oxygens (including phenoxy) is 2. The minimum absolute atomic E-state index is 0.144. The molecule has 0 unspecified atom stereocenters. The molecule has 0 aromatic heterocycles. The number of hydrogen-bond donors (Lipinski definition) is 2. The van der Waals surface area contributed by atoms with Crippen LogP contribution < -0.4 is 20.1 Å². The van der Waals surface area contributed by atoms with Crippen molar-refractivity contribution in [1.29, 1.82) is 0 Å². The van der Waals surface area contributed by atoms with E-state index >= 15 is 0 Å². The van der Waals surface area contributed by atoms with E-state index in [0.29, 0.717) is 17.2 Å². The highest BCUT2D eigenvalue weighted by Crippen LogP contribution is 2.29. The van der Waals surface area contributed by atoms with Crippen molar-refractivity contribution < 1.29 is 14.3 Å². The van der Waals surface area contributed by atoms with Crippen molar-refractivity contribution in [3.63, 3.8) is 0 Å². The molecule has 0 aliphatic heterocycles. The van der Waals surface area contributed by atoms with Gasteiger partial charge >= 0.3 is 6.03 Å². The molecule has 1 aromatic carbocycles. The van der Waals surface area contributed by atoms with E-state index in [0.717, 1.165) is 12.8 Å². The van der Waals surface area contributed by atoms with Crippen LogP contribution in [0.4, 0.5) is 10.5 Å². The third kappa shape index (κ3) is 7.14. The van der Waals surface area contributed by atoms with Crippen LogP contribution in [0.25, 0.3) is 0 Å². The van der Waals surface area contributed by atoms with Crippen molar-refractivity contribution in [1.82, 2.24) is 5.32 Å². The van der Waals surface area contributed by atoms with Crippen LogP contribution in [0.15, 0.2) is 18.2 Å². The van der Waals surface area contributed by atoms with Gasteiger partial charge in [-0.2, -0.15) is 0 Å². The summed E-state index contributed by atoms with van der Waals surface area (Å²) in [6, 6.07) is 5.51. The second kappa shape index (κ2) is 11.7. The number of nitrogens with one attached hydrogen (secondary N) is 2. The van der Waals surface area contributed by atoms with Crippen molar-refractivity contribution >= 4 is 11.7 Å². The number of urea groups is 1. The molecule has 1 aromatic rings. The maximum Gasteiger partial charge on any atom is 0.319 e. The van der Waals surface area contributed by atoms with Gasteiger partial charge in [0.25, 0.3) is 0 Å². The summed E-state index contributed by atoms with van der Waals surface area (Å²) in [4.78, 5) is 12.4. The molecule has 1 saturated carbocycles. The van der Waals surface area contributed by atoms with Crippen LogP contribution >= 0.6 is 0 Å². The van der Waals surface area contributed by atoms with Gasteiger partial charge in [-0.3, -0.25) is 0 Å². The third-order valence-corrected chi connectivity index (χ3v) is 5.08. The molecule has 1 aliphatic carbocycles. The molecule has 0 saturated heterocycles. The van der Waals surface area contributed by atoms with E-state index in [4.69, 9.17) is 9.47 Å². The highest BCUT2D eigenvalue weighted by Gasteiger charge is 2.13. The Balaban J connectivity index is 1.87. The molecule has 1 fully saturated rings. The average Bonchev–Trinajstić information content (AvgIpc) is 2.63. The predicted octanol–water partition coefficient (Wildman–Crippen LogP) is 5.50. The topological polar surface area (TPSA) is 59.6 Å². The summed E-state index contributed by atoms with van der Waals surface area (Å²) in [5, 5.41) is 6.08. The van der Waals surface area contributed by atoms with E-state index in [1.54, 1.807) is 26.4 Å². The van der Waals surface area contributed by atoms with E-state index in [1.807, 2.05) is 6.07 Å². The van der Waals surface area contributed by atoms with Crippen LogP contribution in [0.3, 0.4) is 0 Å². The van der Waals surface area contributed by atoms with Gasteiger partial charge in [0.15, 0.2) is 11.5 Å². The van der Waals surface area contributed by atoms with E-state index in [9.17, 15) is 4.79 Å². The number of methoxy groups -OCH3 is 2. The molecule has 2 N–H and O–H groups in total. The summed E-state index contributed by atoms with van der Waals surface area (Å²) < 4.78 is 10.5. The number of rotatable bonds is 4. The summed E-state index contributed by atoms with van der Waals surface area (Å²) in [5.41, 5.74) is 0.702. The van der Waals surface area contributed by atoms with Crippen LogP contribution in [0.2, 0.25) is 0 Å². The molecule has 0 bridgehead atoms. The lowest BCUT2D eigenvalue weighted by molar-refractivity contribution is 0.246. The van der Waals surface area contributed by atoms with Crippen molar-refractivity contribution in [3.05, 3.63) is 18.2 Å². The first-order valence-corrected chi connectivity index (χ1v) is 10.0. The van der Waals surface area contributed by atoms with Crippen LogP contribution in [-0.4, -0.2) is 26.3 Å². The number of carbonyl (C=O) groups is 1. The van der Waals surface area contributed by atoms with E-state index < -0.39 is 0 Å². The van der Waals surface area contributed by atoms with E-state index in [2.05, 4.69) is 10.6 Å². The third-order valence-electron chi connectivity index (χ3n) is 5.08. The summed E-state index contributed by atoms with van der Waals surface area (Å²) in [5.74, 6) is 1.26. The summed E-state index contributed by atoms with van der Waals surface area (Å²) in [7, 11) is 3.19. The fourth-order valence-electron chi connectivity index (χ4n) is 3.57. The Hall–Kier alpha value is -1.91. The number of benzene rings is 1. The Morgan fingerprint density at radius 3 is 1.92 bits per heavy atom. The first-order chi connectivity index (χ1) is 12.7. The summed E-state index contributed by atoms with van der Waals surface area (Å²) >= 11 is 0. The Morgan fingerprint density at radius 1 is 0.846 bits per heavy atom. The number of hydrogen-bond acceptors (Lipinski definition) is 3. The van der Waals surface area contributed by atoms with Crippen molar-refractivity contribution in [2.45, 2.75) is 76.7 Å². The van der Waals surface area contributed by atoms with Gasteiger partial charge in [-0.25, -0.2) is 4.79 Å². The first-order valence-electron chi connectivity index (χ1n) is 10.0. The molecule has 1 aliphatic rings. The maximum absolute atomic E-state index is 12.4. The molecular formula is C21H34N2O3. The molecule has 26 heavy (non-hydrogen) atoms. The van der Waals surface area contributed by atoms with Crippen LogP contribution in [-0.2, 0) is 0 Å². The van der Waals surface area contributed by atoms with Gasteiger partial charge in [0.2, 0.25) is 0 Å². The highest BCUT2D eigenvalue weighted by molar-refractivity contribution is 5.89. The van der Waals surface area contributed by atoms with Gasteiger partial charge in [0, 0.05) is 17.8 Å². The zero-order valence-electron chi connectivity index (χ0n) is 16.3. The smallest absolute Gasteiger partial charge is 0.319 e. The van der Waals surface area contributed by atoms with Crippen molar-refractivity contribution in [2.75, 3.05) is 19.5 Å². The Bertz CT molecular complexity index is 536. The Kier molecular flexibility index (Phi) is 9.15. The van der Waals surface area contributed by atoms with E-state index in [-0.39, 0.29) is 12.1 Å². The van der Waals surface area contributed by atoms with Crippen LogP contribution in [0.1, 0.15) is 70.6 Å². The lowest BCUT2D eigenvalue weighted by Gasteiger charge is -2.20. The summed E-state index contributed by atoms with van der Waals surface area (Å²) in [6.07, 6.45) is 13.8. The highest BCUT2D eigenvalue weighted by atomic mass is 16.5. The van der Waals surface area contributed by atoms with Gasteiger partial charge in [-0.15, -0.1) is 0 Å². The first kappa shape index (κ1) is 20.4. The largest absolute Gasteiger partial charge is 0.493 e. The molecular weight excluding hydrogens is 328 g/mol. The molecule has 0 spiro atoms. The SMILES string of the molecule is COc1ccc(NC(=O)NC2CCCCCCCCCCC2)cc1OC. The predicted molar refractivity (Wildman–Crippen MR) is 106 cm³/mol. The molecule has 5 heteroatoms. The zero-order chi connectivity index (χ0) is 18.6. The van der Waals surface area contributed by atoms with Gasteiger partial charge in [0.05, 0.1) is 14.2 Å². The van der Waals surface area contributed by atoms with Crippen molar-refractivity contribution in [3.8, 4) is 11.5 Å². The van der Waals surface area contributed by atoms with Gasteiger partial charge < -0.3 is 20.1 Å². The second-order valence-corrected chi connectivity index (χ2v) is 7.12. The Morgan fingerprint density at radius 2 is 1.38 bits per heavy atom. The Labute approximate surface area is 157 Å². The minimum atomic E-state index is -0.144. The van der Waals surface area contributed by atoms with Crippen LogP contribution in [0.5, 0.6) is 11.5 Å². The molecule has 0 atom stereocenters. The molecule has 146 valence electrons. The second-order valence-electron chi connectivity index (χ2n) is 7.12. The fraction of sp³-hybridized carbons (Fsp3) is 0.667. The molecule has 0 heterocycles. The zero-order valence-corrected chi connectivity index (χ0v) is 16.3. The molecule has 2 rings (SSSR count). The van der Waals surface area contributed by atoms with Crippen LogP contribution in [0, 0.1) is 0 Å². The normalized spacial score (nSPS) is 17.5. The summed E-state index contributed by atoms with van der Waals surface area (Å²) in [6.45, 7) is 0. The number of carbonyl (C=O) groups excluding carboxylic acids is 1. The van der Waals surface area contributed by atoms with Gasteiger partial charge in [-0.1, -0.05) is 57.8 Å². The van der Waals surface area contributed by atoms with Crippen molar-refractivity contribution in [2.24, 2.45) is 0 Å². The molecule has 5 nitrogen and oxygen atoms in total. The van der Waals surface area contributed by atoms with E-state index in [1.165, 1.54) is 57.8 Å². The number of amides is 2. The average molecular weight is 363 g/mol. The number of anilines is 1. The molecule has 0 radical (unpaired) electrons. The lowest BCUT2D eigenvalue weighted by atomic mass is 9.98. The van der Waals surface area contributed by atoms with Gasteiger partial charge in [-0.05, 0) is 25.0 Å². The lowest BCUT2D eigenvalue weighted by Crippen LogP contribution is -2.38. The minimum Gasteiger partial charge on any atom is -0.493 e. The quantitative estimate of drug-likeness (QED) is 0.743. The fourth-order valence-corrected chi connectivity index (χ4v) is 3.57. The molecule has 2 amide bonds. The van der Waals surface area contributed by atoms with Gasteiger partial charge in [0.1, 0.15) is 0 Å². The standard InChI is InChI=1S/C21H34N2O3/c1-25-19-15-14-18(16-20(19)26-2)23-21(24)22-17-12-10-8-6-4-3-5-7-9-11-13-17/h14-17H,3-13H2,1-2H3,(H2,22,23,24).